The van der Waals surface area contributed by atoms with Crippen molar-refractivity contribution in [1.82, 2.24) is 29.7 Å². The van der Waals surface area contributed by atoms with E-state index in [1.54, 1.807) is 19.3 Å². The molecular formula is C32H36N6O3. The number of aromatic amines is 1. The maximum Gasteiger partial charge on any atom is 0.410 e. The van der Waals surface area contributed by atoms with Crippen LogP contribution < -0.4 is 0 Å². The second-order valence-corrected chi connectivity index (χ2v) is 12.1. The first kappa shape index (κ1) is 26.9. The summed E-state index contributed by atoms with van der Waals surface area (Å²) in [4.78, 5) is 46.8. The number of carbonyl (C=O) groups is 2. The number of rotatable bonds is 3. The lowest BCUT2D eigenvalue weighted by molar-refractivity contribution is 0.0222. The van der Waals surface area contributed by atoms with Gasteiger partial charge < -0.3 is 19.5 Å². The highest BCUT2D eigenvalue weighted by Gasteiger charge is 2.36. The third-order valence-corrected chi connectivity index (χ3v) is 8.00. The molecular weight excluding hydrogens is 516 g/mol. The molecule has 0 spiro atoms. The minimum atomic E-state index is -0.583. The highest BCUT2D eigenvalue weighted by Crippen LogP contribution is 2.40. The fourth-order valence-corrected chi connectivity index (χ4v) is 5.94. The van der Waals surface area contributed by atoms with E-state index in [9.17, 15) is 9.59 Å². The summed E-state index contributed by atoms with van der Waals surface area (Å²) in [5.41, 5.74) is 7.38. The molecule has 9 nitrogen and oxygen atoms in total. The van der Waals surface area contributed by atoms with Crippen molar-refractivity contribution in [2.75, 3.05) is 13.1 Å². The van der Waals surface area contributed by atoms with E-state index in [-0.39, 0.29) is 18.0 Å². The topological polar surface area (TPSA) is 104 Å². The van der Waals surface area contributed by atoms with Crippen molar-refractivity contribution in [3.8, 4) is 11.1 Å². The van der Waals surface area contributed by atoms with Crippen LogP contribution >= 0.6 is 0 Å². The lowest BCUT2D eigenvalue weighted by atomic mass is 9.86. The Morgan fingerprint density at radius 3 is 2.54 bits per heavy atom. The minimum Gasteiger partial charge on any atom is -0.444 e. The number of benzene rings is 1. The summed E-state index contributed by atoms with van der Waals surface area (Å²) in [6.45, 7) is 11.2. The Balaban J connectivity index is 1.42. The van der Waals surface area contributed by atoms with Crippen LogP contribution in [0.5, 0.6) is 0 Å². The Morgan fingerprint density at radius 2 is 1.78 bits per heavy atom. The summed E-state index contributed by atoms with van der Waals surface area (Å²) < 4.78 is 5.81. The molecule has 2 amide bonds. The smallest absolute Gasteiger partial charge is 0.410 e. The van der Waals surface area contributed by atoms with E-state index in [0.29, 0.717) is 37.4 Å². The van der Waals surface area contributed by atoms with Crippen molar-refractivity contribution in [3.05, 3.63) is 76.6 Å². The van der Waals surface area contributed by atoms with Gasteiger partial charge in [-0.05, 0) is 93.8 Å². The molecule has 0 unspecified atom stereocenters. The molecule has 2 aliphatic rings. The fraction of sp³-hybridized carbons (Fsp3) is 0.406. The number of nitrogens with zero attached hydrogens (tertiary/aromatic N) is 5. The van der Waals surface area contributed by atoms with E-state index < -0.39 is 5.60 Å². The van der Waals surface area contributed by atoms with Crippen molar-refractivity contribution in [3.63, 3.8) is 0 Å². The molecule has 3 aromatic heterocycles. The molecule has 9 heteroatoms. The summed E-state index contributed by atoms with van der Waals surface area (Å²) in [5, 5.41) is 1.09. The van der Waals surface area contributed by atoms with E-state index in [4.69, 9.17) is 4.74 Å². The number of amides is 2. The number of aromatic nitrogens is 4. The first-order valence-electron chi connectivity index (χ1n) is 14.2. The van der Waals surface area contributed by atoms with Crippen molar-refractivity contribution >= 4 is 23.0 Å². The SMILES string of the molecule is Cc1ncc(C(=O)N2CCc3cc(-c4cnc5[nH]cc(C)c5c4)cc([C@@H]4CCCN4C(=O)OC(C)(C)C)c3C2)cn1. The van der Waals surface area contributed by atoms with Gasteiger partial charge in [0.1, 0.15) is 17.1 Å². The number of H-pyrrole nitrogens is 1. The van der Waals surface area contributed by atoms with Gasteiger partial charge >= 0.3 is 6.09 Å². The zero-order valence-electron chi connectivity index (χ0n) is 24.3. The summed E-state index contributed by atoms with van der Waals surface area (Å²) in [6, 6.07) is 6.46. The predicted molar refractivity (Wildman–Crippen MR) is 156 cm³/mol. The normalized spacial score (nSPS) is 17.1. The molecule has 41 heavy (non-hydrogen) atoms. The minimum absolute atomic E-state index is 0.0846. The summed E-state index contributed by atoms with van der Waals surface area (Å²) in [5.74, 6) is 0.546. The molecule has 1 atom stereocenters. The first-order chi connectivity index (χ1) is 19.6. The molecule has 4 aromatic rings. The Labute approximate surface area is 240 Å². The van der Waals surface area contributed by atoms with E-state index in [0.717, 1.165) is 51.7 Å². The number of ether oxygens (including phenoxy) is 1. The van der Waals surface area contributed by atoms with Gasteiger partial charge in [0.2, 0.25) is 0 Å². The Hall–Kier alpha value is -4.27. The molecule has 0 saturated carbocycles. The van der Waals surface area contributed by atoms with E-state index in [1.165, 1.54) is 5.56 Å². The quantitative estimate of drug-likeness (QED) is 0.339. The van der Waals surface area contributed by atoms with E-state index >= 15 is 0 Å². The largest absolute Gasteiger partial charge is 0.444 e. The average Bonchev–Trinajstić information content (AvgIpc) is 3.58. The highest BCUT2D eigenvalue weighted by atomic mass is 16.6. The molecule has 0 aliphatic carbocycles. The number of hydrogen-bond acceptors (Lipinski definition) is 6. The fourth-order valence-electron chi connectivity index (χ4n) is 5.94. The van der Waals surface area contributed by atoms with Crippen molar-refractivity contribution in [2.24, 2.45) is 0 Å². The van der Waals surface area contributed by atoms with Crippen LogP contribution in [0, 0.1) is 13.8 Å². The van der Waals surface area contributed by atoms with Crippen LogP contribution in [0.4, 0.5) is 4.79 Å². The Kier molecular flexibility index (Phi) is 6.76. The molecule has 1 saturated heterocycles. The van der Waals surface area contributed by atoms with Crippen molar-refractivity contribution in [1.29, 1.82) is 0 Å². The van der Waals surface area contributed by atoms with Gasteiger partial charge in [0, 0.05) is 55.4 Å². The third-order valence-electron chi connectivity index (χ3n) is 8.00. The second-order valence-electron chi connectivity index (χ2n) is 12.1. The van der Waals surface area contributed by atoms with Gasteiger partial charge in [-0.3, -0.25) is 4.79 Å². The van der Waals surface area contributed by atoms with Crippen LogP contribution in [-0.2, 0) is 17.7 Å². The number of hydrogen-bond donors (Lipinski definition) is 1. The van der Waals surface area contributed by atoms with Gasteiger partial charge in [0.15, 0.2) is 0 Å². The van der Waals surface area contributed by atoms with Gasteiger partial charge in [-0.15, -0.1) is 0 Å². The Morgan fingerprint density at radius 1 is 1.00 bits per heavy atom. The molecule has 0 bridgehead atoms. The lowest BCUT2D eigenvalue weighted by Gasteiger charge is -2.35. The van der Waals surface area contributed by atoms with Crippen molar-refractivity contribution in [2.45, 2.75) is 72.1 Å². The van der Waals surface area contributed by atoms with E-state index in [2.05, 4.69) is 45.1 Å². The van der Waals surface area contributed by atoms with Gasteiger partial charge in [0.05, 0.1) is 11.6 Å². The number of fused-ring (bicyclic) bond motifs is 2. The number of aryl methyl sites for hydroxylation is 2. The standard InChI is InChI=1S/C32H36N6O3/c1-19-14-35-29-25(19)13-23(15-36-29)22-11-21-8-10-37(30(39)24-16-33-20(2)34-17-24)18-27(21)26(12-22)28-7-6-9-38(28)31(40)41-32(3,4)5/h11-17,28H,6-10,18H2,1-5H3,(H,35,36)/t28-/m0/s1. The molecule has 5 heterocycles. The summed E-state index contributed by atoms with van der Waals surface area (Å²) in [7, 11) is 0. The van der Waals surface area contributed by atoms with Gasteiger partial charge in [-0.2, -0.15) is 0 Å². The van der Waals surface area contributed by atoms with Crippen LogP contribution in [0.25, 0.3) is 22.2 Å². The molecule has 1 aromatic carbocycles. The van der Waals surface area contributed by atoms with E-state index in [1.807, 2.05) is 43.0 Å². The molecule has 212 valence electrons. The number of nitrogens with one attached hydrogen (secondary N) is 1. The number of pyridine rings is 1. The molecule has 1 fully saturated rings. The molecule has 6 rings (SSSR count). The van der Waals surface area contributed by atoms with Gasteiger partial charge in [0.25, 0.3) is 5.91 Å². The second kappa shape index (κ2) is 10.3. The summed E-state index contributed by atoms with van der Waals surface area (Å²) >= 11 is 0. The van der Waals surface area contributed by atoms with Crippen LogP contribution in [0.3, 0.4) is 0 Å². The molecule has 1 N–H and O–H groups in total. The van der Waals surface area contributed by atoms with Crippen molar-refractivity contribution < 1.29 is 14.3 Å². The molecule has 0 radical (unpaired) electrons. The number of carbonyl (C=O) groups excluding carboxylic acids is 2. The average molecular weight is 553 g/mol. The lowest BCUT2D eigenvalue weighted by Crippen LogP contribution is -2.39. The van der Waals surface area contributed by atoms with Gasteiger partial charge in [-0.25, -0.2) is 19.7 Å². The Bertz CT molecular complexity index is 1640. The maximum atomic E-state index is 13.5. The van der Waals surface area contributed by atoms with Crippen LogP contribution in [0.15, 0.2) is 43.0 Å². The van der Waals surface area contributed by atoms with Crippen LogP contribution in [0.2, 0.25) is 0 Å². The third kappa shape index (κ3) is 5.28. The zero-order chi connectivity index (χ0) is 28.9. The van der Waals surface area contributed by atoms with Gasteiger partial charge in [-0.1, -0.05) is 6.07 Å². The molecule has 2 aliphatic heterocycles. The zero-order valence-corrected chi connectivity index (χ0v) is 24.3. The number of likely N-dealkylation sites (tertiary alicyclic amines) is 1. The first-order valence-corrected chi connectivity index (χ1v) is 14.2. The van der Waals surface area contributed by atoms with Crippen LogP contribution in [0.1, 0.15) is 78.1 Å². The summed E-state index contributed by atoms with van der Waals surface area (Å²) in [6.07, 6.45) is 9.21. The maximum absolute atomic E-state index is 13.5. The predicted octanol–water partition coefficient (Wildman–Crippen LogP) is 5.91. The van der Waals surface area contributed by atoms with Crippen LogP contribution in [-0.4, -0.2) is 60.4 Å². The monoisotopic (exact) mass is 552 g/mol. The highest BCUT2D eigenvalue weighted by molar-refractivity contribution is 5.94.